The Morgan fingerprint density at radius 1 is 1.38 bits per heavy atom. The highest BCUT2D eigenvalue weighted by molar-refractivity contribution is 6.30. The standard InChI is InChI=1S/C16H17ClFN3/c17-15-4-3-14(8-16(15)18)21-7-5-13(11-21)20-10-12-2-1-6-19-9-12/h1-4,6,8-9,13,20H,5,7,10-11H2/t13-/m1/s1. The van der Waals surface area contributed by atoms with Crippen molar-refractivity contribution in [3.05, 3.63) is 59.1 Å². The minimum atomic E-state index is -0.360. The third kappa shape index (κ3) is 3.52. The second-order valence-corrected chi connectivity index (χ2v) is 5.68. The van der Waals surface area contributed by atoms with E-state index in [4.69, 9.17) is 11.6 Å². The molecule has 1 N–H and O–H groups in total. The molecule has 3 nitrogen and oxygen atoms in total. The molecule has 0 spiro atoms. The molecule has 0 unspecified atom stereocenters. The lowest BCUT2D eigenvalue weighted by Gasteiger charge is -2.19. The molecule has 0 radical (unpaired) electrons. The highest BCUT2D eigenvalue weighted by Crippen LogP contribution is 2.25. The molecule has 110 valence electrons. The first-order valence-corrected chi connectivity index (χ1v) is 7.42. The van der Waals surface area contributed by atoms with Gasteiger partial charge in [-0.3, -0.25) is 4.98 Å². The molecule has 0 amide bonds. The lowest BCUT2D eigenvalue weighted by atomic mass is 10.2. The quantitative estimate of drug-likeness (QED) is 0.940. The fraction of sp³-hybridized carbons (Fsp3) is 0.312. The summed E-state index contributed by atoms with van der Waals surface area (Å²) in [4.78, 5) is 6.29. The van der Waals surface area contributed by atoms with Gasteiger partial charge in [-0.05, 0) is 36.2 Å². The Hall–Kier alpha value is -1.65. The number of nitrogens with zero attached hydrogens (tertiary/aromatic N) is 2. The molecular weight excluding hydrogens is 289 g/mol. The van der Waals surface area contributed by atoms with Crippen LogP contribution in [-0.4, -0.2) is 24.1 Å². The Bertz CT molecular complexity index is 606. The van der Waals surface area contributed by atoms with Crippen molar-refractivity contribution in [3.8, 4) is 0 Å². The molecule has 0 saturated carbocycles. The van der Waals surface area contributed by atoms with Crippen molar-refractivity contribution in [3.63, 3.8) is 0 Å². The van der Waals surface area contributed by atoms with E-state index >= 15 is 0 Å². The zero-order valence-corrected chi connectivity index (χ0v) is 12.4. The summed E-state index contributed by atoms with van der Waals surface area (Å²) >= 11 is 5.72. The number of hydrogen-bond donors (Lipinski definition) is 1. The molecule has 1 aliphatic rings. The number of hydrogen-bond acceptors (Lipinski definition) is 3. The molecule has 1 aliphatic heterocycles. The van der Waals surface area contributed by atoms with Crippen LogP contribution in [0.25, 0.3) is 0 Å². The average molecular weight is 306 g/mol. The van der Waals surface area contributed by atoms with Crippen LogP contribution in [0.1, 0.15) is 12.0 Å². The van der Waals surface area contributed by atoms with Crippen LogP contribution in [0.4, 0.5) is 10.1 Å². The Balaban J connectivity index is 1.56. The topological polar surface area (TPSA) is 28.2 Å². The summed E-state index contributed by atoms with van der Waals surface area (Å²) in [5, 5.41) is 3.69. The first-order chi connectivity index (χ1) is 10.2. The minimum Gasteiger partial charge on any atom is -0.370 e. The molecule has 2 heterocycles. The molecule has 2 aromatic rings. The van der Waals surface area contributed by atoms with Crippen LogP contribution in [0.15, 0.2) is 42.7 Å². The number of halogens is 2. The molecule has 0 aliphatic carbocycles. The fourth-order valence-electron chi connectivity index (χ4n) is 2.61. The van der Waals surface area contributed by atoms with Crippen molar-refractivity contribution in [2.24, 2.45) is 0 Å². The third-order valence-electron chi connectivity index (χ3n) is 3.77. The van der Waals surface area contributed by atoms with Gasteiger partial charge in [0, 0.05) is 43.8 Å². The van der Waals surface area contributed by atoms with Crippen molar-refractivity contribution >= 4 is 17.3 Å². The zero-order valence-electron chi connectivity index (χ0n) is 11.6. The predicted octanol–water partition coefficient (Wildman–Crippen LogP) is 3.24. The maximum Gasteiger partial charge on any atom is 0.143 e. The first kappa shape index (κ1) is 14.3. The van der Waals surface area contributed by atoms with Crippen LogP contribution < -0.4 is 10.2 Å². The normalized spacial score (nSPS) is 18.2. The Morgan fingerprint density at radius 3 is 3.05 bits per heavy atom. The number of anilines is 1. The summed E-state index contributed by atoms with van der Waals surface area (Å²) in [7, 11) is 0. The van der Waals surface area contributed by atoms with Crippen LogP contribution in [0.5, 0.6) is 0 Å². The van der Waals surface area contributed by atoms with Gasteiger partial charge in [0.2, 0.25) is 0 Å². The summed E-state index contributed by atoms with van der Waals surface area (Å²) in [6.45, 7) is 2.61. The number of pyridine rings is 1. The maximum atomic E-state index is 13.5. The van der Waals surface area contributed by atoms with Crippen LogP contribution in [0, 0.1) is 5.82 Å². The zero-order chi connectivity index (χ0) is 14.7. The summed E-state index contributed by atoms with van der Waals surface area (Å²) < 4.78 is 13.5. The van der Waals surface area contributed by atoms with Crippen molar-refractivity contribution < 1.29 is 4.39 Å². The second-order valence-electron chi connectivity index (χ2n) is 5.27. The minimum absolute atomic E-state index is 0.171. The Labute approximate surface area is 128 Å². The number of aromatic nitrogens is 1. The average Bonchev–Trinajstić information content (AvgIpc) is 2.98. The number of benzene rings is 1. The molecule has 1 saturated heterocycles. The van der Waals surface area contributed by atoms with Gasteiger partial charge in [-0.2, -0.15) is 0 Å². The van der Waals surface area contributed by atoms with E-state index in [-0.39, 0.29) is 10.8 Å². The Kier molecular flexibility index (Phi) is 4.36. The van der Waals surface area contributed by atoms with Gasteiger partial charge in [-0.15, -0.1) is 0 Å². The summed E-state index contributed by atoms with van der Waals surface area (Å²) in [6.07, 6.45) is 4.69. The molecule has 3 rings (SSSR count). The molecule has 1 atom stereocenters. The van der Waals surface area contributed by atoms with Crippen molar-refractivity contribution in [1.29, 1.82) is 0 Å². The van der Waals surface area contributed by atoms with E-state index in [9.17, 15) is 4.39 Å². The van der Waals surface area contributed by atoms with E-state index in [1.165, 1.54) is 11.6 Å². The van der Waals surface area contributed by atoms with Crippen LogP contribution in [0.3, 0.4) is 0 Å². The molecule has 0 bridgehead atoms. The smallest absolute Gasteiger partial charge is 0.143 e. The molecule has 1 aromatic heterocycles. The fourth-order valence-corrected chi connectivity index (χ4v) is 2.73. The molecular formula is C16H17ClFN3. The maximum absolute atomic E-state index is 13.5. The number of nitrogens with one attached hydrogen (secondary N) is 1. The van der Waals surface area contributed by atoms with Crippen LogP contribution in [0.2, 0.25) is 5.02 Å². The van der Waals surface area contributed by atoms with Gasteiger partial charge in [0.15, 0.2) is 0 Å². The van der Waals surface area contributed by atoms with Crippen molar-refractivity contribution in [2.75, 3.05) is 18.0 Å². The second kappa shape index (κ2) is 6.41. The van der Waals surface area contributed by atoms with Gasteiger partial charge in [0.05, 0.1) is 5.02 Å². The highest BCUT2D eigenvalue weighted by atomic mass is 35.5. The van der Waals surface area contributed by atoms with Gasteiger partial charge in [0.25, 0.3) is 0 Å². The van der Waals surface area contributed by atoms with Gasteiger partial charge in [-0.1, -0.05) is 17.7 Å². The molecule has 21 heavy (non-hydrogen) atoms. The van der Waals surface area contributed by atoms with Crippen LogP contribution in [-0.2, 0) is 6.54 Å². The van der Waals surface area contributed by atoms with E-state index in [0.717, 1.165) is 31.7 Å². The van der Waals surface area contributed by atoms with E-state index in [2.05, 4.69) is 21.3 Å². The van der Waals surface area contributed by atoms with Crippen LogP contribution >= 0.6 is 11.6 Å². The predicted molar refractivity (Wildman–Crippen MR) is 83.1 cm³/mol. The summed E-state index contributed by atoms with van der Waals surface area (Å²) in [5.41, 5.74) is 2.07. The molecule has 1 fully saturated rings. The lowest BCUT2D eigenvalue weighted by Crippen LogP contribution is -2.32. The largest absolute Gasteiger partial charge is 0.370 e. The van der Waals surface area contributed by atoms with E-state index in [0.29, 0.717) is 6.04 Å². The van der Waals surface area contributed by atoms with E-state index in [1.807, 2.05) is 18.3 Å². The summed E-state index contributed by atoms with van der Waals surface area (Å²) in [6, 6.07) is 9.39. The SMILES string of the molecule is Fc1cc(N2CC[C@@H](NCc3cccnc3)C2)ccc1Cl. The molecule has 5 heteroatoms. The van der Waals surface area contributed by atoms with E-state index < -0.39 is 0 Å². The van der Waals surface area contributed by atoms with Crippen molar-refractivity contribution in [2.45, 2.75) is 19.0 Å². The van der Waals surface area contributed by atoms with Gasteiger partial charge >= 0.3 is 0 Å². The van der Waals surface area contributed by atoms with Crippen molar-refractivity contribution in [1.82, 2.24) is 10.3 Å². The van der Waals surface area contributed by atoms with Gasteiger partial charge < -0.3 is 10.2 Å². The number of rotatable bonds is 4. The van der Waals surface area contributed by atoms with Gasteiger partial charge in [-0.25, -0.2) is 4.39 Å². The highest BCUT2D eigenvalue weighted by Gasteiger charge is 2.22. The third-order valence-corrected chi connectivity index (χ3v) is 4.08. The van der Waals surface area contributed by atoms with Gasteiger partial charge in [0.1, 0.15) is 5.82 Å². The monoisotopic (exact) mass is 305 g/mol. The Morgan fingerprint density at radius 2 is 2.29 bits per heavy atom. The van der Waals surface area contributed by atoms with E-state index in [1.54, 1.807) is 12.3 Å². The lowest BCUT2D eigenvalue weighted by molar-refractivity contribution is 0.550. The summed E-state index contributed by atoms with van der Waals surface area (Å²) in [5.74, 6) is -0.360. The molecule has 1 aromatic carbocycles. The first-order valence-electron chi connectivity index (χ1n) is 7.04.